The Hall–Kier alpha value is -1.68. The van der Waals surface area contributed by atoms with Crippen LogP contribution in [0.2, 0.25) is 0 Å². The Kier molecular flexibility index (Phi) is 5.51. The Morgan fingerprint density at radius 1 is 1.10 bits per heavy atom. The summed E-state index contributed by atoms with van der Waals surface area (Å²) < 4.78 is 11.8. The van der Waals surface area contributed by atoms with Crippen LogP contribution in [0.3, 0.4) is 0 Å². The Labute approximate surface area is 134 Å². The molecule has 0 spiro atoms. The number of rotatable bonds is 6. The monoisotopic (exact) mass is 349 g/mol. The molecule has 0 amide bonds. The van der Waals surface area contributed by atoms with Gasteiger partial charge in [-0.25, -0.2) is 0 Å². The summed E-state index contributed by atoms with van der Waals surface area (Å²) in [5.74, 6) is 1.73. The van der Waals surface area contributed by atoms with Crippen molar-refractivity contribution >= 4 is 21.6 Å². The van der Waals surface area contributed by atoms with E-state index in [0.29, 0.717) is 0 Å². The van der Waals surface area contributed by atoms with Gasteiger partial charge in [-0.1, -0.05) is 12.1 Å². The van der Waals surface area contributed by atoms with E-state index in [4.69, 9.17) is 9.47 Å². The van der Waals surface area contributed by atoms with Crippen molar-refractivity contribution in [1.29, 1.82) is 0 Å². The summed E-state index contributed by atoms with van der Waals surface area (Å²) in [5, 5.41) is 3.39. The minimum Gasteiger partial charge on any atom is -0.496 e. The third kappa shape index (κ3) is 4.67. The molecule has 0 unspecified atom stereocenters. The molecule has 0 fully saturated rings. The summed E-state index contributed by atoms with van der Waals surface area (Å²) in [6.07, 6.45) is 0.200. The van der Waals surface area contributed by atoms with Gasteiger partial charge in [-0.15, -0.1) is 0 Å². The minimum atomic E-state index is 0.200. The Bertz CT molecular complexity index is 582. The lowest BCUT2D eigenvalue weighted by molar-refractivity contribution is 0.242. The summed E-state index contributed by atoms with van der Waals surface area (Å²) in [4.78, 5) is 0. The SMILES string of the molecule is COc1ccc(NCc2ccc(OC(C)C)cc2)cc1Br. The highest BCUT2D eigenvalue weighted by Crippen LogP contribution is 2.28. The van der Waals surface area contributed by atoms with Crippen molar-refractivity contribution in [2.75, 3.05) is 12.4 Å². The number of benzene rings is 2. The van der Waals surface area contributed by atoms with Gasteiger partial charge in [-0.3, -0.25) is 0 Å². The van der Waals surface area contributed by atoms with Crippen LogP contribution in [0.1, 0.15) is 19.4 Å². The topological polar surface area (TPSA) is 30.5 Å². The van der Waals surface area contributed by atoms with Gasteiger partial charge in [0.15, 0.2) is 0 Å². The molecule has 0 aliphatic carbocycles. The highest BCUT2D eigenvalue weighted by molar-refractivity contribution is 9.10. The van der Waals surface area contributed by atoms with Gasteiger partial charge >= 0.3 is 0 Å². The summed E-state index contributed by atoms with van der Waals surface area (Å²) >= 11 is 3.48. The third-order valence-corrected chi connectivity index (χ3v) is 3.56. The molecule has 1 N–H and O–H groups in total. The lowest BCUT2D eigenvalue weighted by Gasteiger charge is -2.11. The zero-order valence-electron chi connectivity index (χ0n) is 12.5. The maximum atomic E-state index is 5.63. The van der Waals surface area contributed by atoms with Crippen molar-refractivity contribution in [3.63, 3.8) is 0 Å². The van der Waals surface area contributed by atoms with Gasteiger partial charge < -0.3 is 14.8 Å². The Morgan fingerprint density at radius 2 is 1.81 bits per heavy atom. The van der Waals surface area contributed by atoms with Gasteiger partial charge in [0.05, 0.1) is 17.7 Å². The number of ether oxygens (including phenoxy) is 2. The fourth-order valence-corrected chi connectivity index (χ4v) is 2.48. The molecule has 0 radical (unpaired) electrons. The predicted octanol–water partition coefficient (Wildman–Crippen LogP) is 4.86. The Morgan fingerprint density at radius 3 is 2.38 bits per heavy atom. The molecule has 4 heteroatoms. The van der Waals surface area contributed by atoms with E-state index in [1.165, 1.54) is 5.56 Å². The number of halogens is 1. The van der Waals surface area contributed by atoms with Crippen molar-refractivity contribution in [3.8, 4) is 11.5 Å². The smallest absolute Gasteiger partial charge is 0.133 e. The molecular formula is C17H20BrNO2. The van der Waals surface area contributed by atoms with Gasteiger partial charge in [0.1, 0.15) is 11.5 Å². The first-order valence-corrected chi connectivity index (χ1v) is 7.71. The molecule has 0 aliphatic heterocycles. The average molecular weight is 350 g/mol. The predicted molar refractivity (Wildman–Crippen MR) is 90.2 cm³/mol. The molecule has 2 aromatic carbocycles. The Balaban J connectivity index is 1.95. The molecule has 0 aliphatic rings. The molecule has 3 nitrogen and oxygen atoms in total. The number of hydrogen-bond acceptors (Lipinski definition) is 3. The minimum absolute atomic E-state index is 0.200. The summed E-state index contributed by atoms with van der Waals surface area (Å²) in [6.45, 7) is 4.81. The van der Waals surface area contributed by atoms with Crippen LogP contribution in [0, 0.1) is 0 Å². The van der Waals surface area contributed by atoms with Gasteiger partial charge in [-0.05, 0) is 65.7 Å². The molecule has 0 saturated heterocycles. The molecule has 0 bridgehead atoms. The molecule has 0 atom stereocenters. The van der Waals surface area contributed by atoms with Crippen LogP contribution in [-0.4, -0.2) is 13.2 Å². The number of anilines is 1. The van der Waals surface area contributed by atoms with Crippen molar-refractivity contribution in [2.24, 2.45) is 0 Å². The number of hydrogen-bond donors (Lipinski definition) is 1. The maximum absolute atomic E-state index is 5.63. The van der Waals surface area contributed by atoms with Crippen molar-refractivity contribution in [1.82, 2.24) is 0 Å². The van der Waals surface area contributed by atoms with Gasteiger partial charge in [0.2, 0.25) is 0 Å². The normalized spacial score (nSPS) is 10.5. The first-order valence-electron chi connectivity index (χ1n) is 6.91. The second-order valence-electron chi connectivity index (χ2n) is 5.01. The fraction of sp³-hybridized carbons (Fsp3) is 0.294. The van der Waals surface area contributed by atoms with Crippen LogP contribution in [0.15, 0.2) is 46.9 Å². The molecule has 2 aromatic rings. The van der Waals surface area contributed by atoms with E-state index in [2.05, 4.69) is 33.4 Å². The summed E-state index contributed by atoms with van der Waals surface area (Å²) in [6, 6.07) is 14.1. The van der Waals surface area contributed by atoms with E-state index in [9.17, 15) is 0 Å². The van der Waals surface area contributed by atoms with Crippen molar-refractivity contribution in [2.45, 2.75) is 26.5 Å². The lowest BCUT2D eigenvalue weighted by Crippen LogP contribution is -2.05. The first-order chi connectivity index (χ1) is 10.1. The average Bonchev–Trinajstić information content (AvgIpc) is 2.46. The molecule has 112 valence electrons. The number of methoxy groups -OCH3 is 1. The molecule has 0 saturated carbocycles. The maximum Gasteiger partial charge on any atom is 0.133 e. The molecule has 21 heavy (non-hydrogen) atoms. The van der Waals surface area contributed by atoms with E-state index < -0.39 is 0 Å². The highest BCUT2D eigenvalue weighted by atomic mass is 79.9. The summed E-state index contributed by atoms with van der Waals surface area (Å²) in [7, 11) is 1.66. The van der Waals surface area contributed by atoms with Gasteiger partial charge in [0.25, 0.3) is 0 Å². The van der Waals surface area contributed by atoms with E-state index in [-0.39, 0.29) is 6.10 Å². The standard InChI is InChI=1S/C17H20BrNO2/c1-12(2)21-15-7-4-13(5-8-15)11-19-14-6-9-17(20-3)16(18)10-14/h4-10,12,19H,11H2,1-3H3. The van der Waals surface area contributed by atoms with E-state index >= 15 is 0 Å². The van der Waals surface area contributed by atoms with Crippen LogP contribution in [0.5, 0.6) is 11.5 Å². The van der Waals surface area contributed by atoms with Crippen LogP contribution in [0.25, 0.3) is 0 Å². The second kappa shape index (κ2) is 7.36. The zero-order chi connectivity index (χ0) is 15.2. The van der Waals surface area contributed by atoms with E-state index in [1.54, 1.807) is 7.11 Å². The molecule has 0 heterocycles. The van der Waals surface area contributed by atoms with Gasteiger partial charge in [0, 0.05) is 12.2 Å². The van der Waals surface area contributed by atoms with E-state index in [0.717, 1.165) is 28.2 Å². The van der Waals surface area contributed by atoms with Crippen LogP contribution in [-0.2, 0) is 6.54 Å². The van der Waals surface area contributed by atoms with Crippen molar-refractivity contribution in [3.05, 3.63) is 52.5 Å². The van der Waals surface area contributed by atoms with Crippen LogP contribution in [0.4, 0.5) is 5.69 Å². The zero-order valence-corrected chi connectivity index (χ0v) is 14.1. The molecule has 2 rings (SSSR count). The quantitative estimate of drug-likeness (QED) is 0.807. The second-order valence-corrected chi connectivity index (χ2v) is 5.87. The van der Waals surface area contributed by atoms with Crippen molar-refractivity contribution < 1.29 is 9.47 Å². The first kappa shape index (κ1) is 15.7. The molecule has 0 aromatic heterocycles. The van der Waals surface area contributed by atoms with Crippen LogP contribution >= 0.6 is 15.9 Å². The third-order valence-electron chi connectivity index (χ3n) is 2.94. The number of nitrogens with one attached hydrogen (secondary N) is 1. The lowest BCUT2D eigenvalue weighted by atomic mass is 10.2. The van der Waals surface area contributed by atoms with E-state index in [1.807, 2.05) is 44.2 Å². The summed E-state index contributed by atoms with van der Waals surface area (Å²) in [5.41, 5.74) is 2.25. The molecular weight excluding hydrogens is 330 g/mol. The van der Waals surface area contributed by atoms with Crippen LogP contribution < -0.4 is 14.8 Å². The largest absolute Gasteiger partial charge is 0.496 e. The highest BCUT2D eigenvalue weighted by Gasteiger charge is 2.02. The van der Waals surface area contributed by atoms with Gasteiger partial charge in [-0.2, -0.15) is 0 Å². The fourth-order valence-electron chi connectivity index (χ4n) is 1.94.